The number of nitrogens with one attached hydrogen (secondary N) is 1. The Morgan fingerprint density at radius 2 is 1.93 bits per heavy atom. The maximum atomic E-state index is 13.0. The summed E-state index contributed by atoms with van der Waals surface area (Å²) in [5.74, 6) is -0.174. The van der Waals surface area contributed by atoms with Crippen LogP contribution in [0.4, 0.5) is 5.00 Å². The van der Waals surface area contributed by atoms with Crippen molar-refractivity contribution >= 4 is 34.1 Å². The van der Waals surface area contributed by atoms with Crippen LogP contribution in [0.3, 0.4) is 0 Å². The second-order valence-corrected chi connectivity index (χ2v) is 8.23. The van der Waals surface area contributed by atoms with Crippen LogP contribution >= 0.6 is 11.3 Å². The van der Waals surface area contributed by atoms with Crippen LogP contribution in [0.25, 0.3) is 0 Å². The Morgan fingerprint density at radius 3 is 2.59 bits per heavy atom. The third-order valence-electron chi connectivity index (χ3n) is 5.18. The molecule has 2 aromatic rings. The zero-order chi connectivity index (χ0) is 20.4. The molecular formula is C20H23N3O5S. The highest BCUT2D eigenvalue weighted by molar-refractivity contribution is 7.18. The van der Waals surface area contributed by atoms with Crippen molar-refractivity contribution in [1.82, 2.24) is 9.80 Å². The van der Waals surface area contributed by atoms with Crippen molar-refractivity contribution in [2.75, 3.05) is 38.1 Å². The number of hydrogen-bond donors (Lipinski definition) is 1. The van der Waals surface area contributed by atoms with E-state index >= 15 is 0 Å². The highest BCUT2D eigenvalue weighted by Gasteiger charge is 2.32. The molecule has 0 radical (unpaired) electrons. The molecule has 0 aliphatic carbocycles. The van der Waals surface area contributed by atoms with Gasteiger partial charge in [0.15, 0.2) is 5.76 Å². The Morgan fingerprint density at radius 1 is 1.17 bits per heavy atom. The third-order valence-corrected chi connectivity index (χ3v) is 6.32. The minimum absolute atomic E-state index is 0.0322. The van der Waals surface area contributed by atoms with Crippen molar-refractivity contribution in [3.63, 3.8) is 0 Å². The number of thiophene rings is 1. The fraction of sp³-hybridized carbons (Fsp3) is 0.450. The molecule has 2 fully saturated rings. The first-order valence-electron chi connectivity index (χ1n) is 9.68. The second-order valence-electron chi connectivity index (χ2n) is 7.17. The summed E-state index contributed by atoms with van der Waals surface area (Å²) >= 11 is 1.25. The molecule has 2 aromatic heterocycles. The number of aryl methyl sites for hydroxylation is 1. The van der Waals surface area contributed by atoms with Gasteiger partial charge in [0.05, 0.1) is 16.1 Å². The van der Waals surface area contributed by atoms with Gasteiger partial charge in [-0.05, 0) is 43.5 Å². The van der Waals surface area contributed by atoms with Crippen LogP contribution in [-0.4, -0.2) is 66.4 Å². The van der Waals surface area contributed by atoms with Crippen molar-refractivity contribution in [3.05, 3.63) is 40.7 Å². The number of rotatable bonds is 4. The summed E-state index contributed by atoms with van der Waals surface area (Å²) in [4.78, 5) is 41.7. The average molecular weight is 417 g/mol. The lowest BCUT2D eigenvalue weighted by Crippen LogP contribution is -2.52. The van der Waals surface area contributed by atoms with Gasteiger partial charge in [-0.25, -0.2) is 0 Å². The summed E-state index contributed by atoms with van der Waals surface area (Å²) in [5, 5.41) is 3.36. The van der Waals surface area contributed by atoms with E-state index in [1.807, 2.05) is 6.92 Å². The number of nitrogens with zero attached hydrogens (tertiary/aromatic N) is 2. The van der Waals surface area contributed by atoms with E-state index in [1.165, 1.54) is 17.6 Å². The SMILES string of the molecule is Cc1cc(NC(=O)c2ccco2)sc1C(=O)N1CCN(C(=O)C2CCCO2)CC1. The first-order chi connectivity index (χ1) is 14.0. The van der Waals surface area contributed by atoms with Crippen molar-refractivity contribution in [2.45, 2.75) is 25.9 Å². The summed E-state index contributed by atoms with van der Waals surface area (Å²) in [5.41, 5.74) is 0.813. The number of amides is 3. The minimum Gasteiger partial charge on any atom is -0.459 e. The summed E-state index contributed by atoms with van der Waals surface area (Å²) in [6.45, 7) is 4.49. The van der Waals surface area contributed by atoms with Gasteiger partial charge in [-0.1, -0.05) is 0 Å². The lowest BCUT2D eigenvalue weighted by Gasteiger charge is -2.35. The lowest BCUT2D eigenvalue weighted by molar-refractivity contribution is -0.142. The summed E-state index contributed by atoms with van der Waals surface area (Å²) < 4.78 is 10.6. The molecule has 29 heavy (non-hydrogen) atoms. The van der Waals surface area contributed by atoms with Crippen LogP contribution in [0.15, 0.2) is 28.9 Å². The predicted octanol–water partition coefficient (Wildman–Crippen LogP) is 2.37. The number of hydrogen-bond acceptors (Lipinski definition) is 6. The van der Waals surface area contributed by atoms with Crippen molar-refractivity contribution in [2.24, 2.45) is 0 Å². The first-order valence-corrected chi connectivity index (χ1v) is 10.5. The zero-order valence-corrected chi connectivity index (χ0v) is 17.0. The molecular weight excluding hydrogens is 394 g/mol. The number of piperazine rings is 1. The van der Waals surface area contributed by atoms with Gasteiger partial charge in [0.25, 0.3) is 17.7 Å². The van der Waals surface area contributed by atoms with Gasteiger partial charge < -0.3 is 24.3 Å². The fourth-order valence-electron chi connectivity index (χ4n) is 3.59. The molecule has 8 nitrogen and oxygen atoms in total. The highest BCUT2D eigenvalue weighted by Crippen LogP contribution is 2.29. The highest BCUT2D eigenvalue weighted by atomic mass is 32.1. The van der Waals surface area contributed by atoms with Crippen LogP contribution in [-0.2, 0) is 9.53 Å². The Labute approximate surface area is 172 Å². The number of ether oxygens (including phenoxy) is 1. The van der Waals surface area contributed by atoms with Crippen molar-refractivity contribution < 1.29 is 23.5 Å². The van der Waals surface area contributed by atoms with Crippen LogP contribution < -0.4 is 5.32 Å². The molecule has 1 N–H and O–H groups in total. The molecule has 0 aromatic carbocycles. The van der Waals surface area contributed by atoms with Crippen LogP contribution in [0, 0.1) is 6.92 Å². The van der Waals surface area contributed by atoms with Gasteiger partial charge in [0, 0.05) is 32.8 Å². The van der Waals surface area contributed by atoms with E-state index in [4.69, 9.17) is 9.15 Å². The fourth-order valence-corrected chi connectivity index (χ4v) is 4.62. The van der Waals surface area contributed by atoms with E-state index in [0.29, 0.717) is 42.7 Å². The molecule has 1 atom stereocenters. The monoisotopic (exact) mass is 417 g/mol. The molecule has 2 saturated heterocycles. The molecule has 4 heterocycles. The van der Waals surface area contributed by atoms with Gasteiger partial charge in [-0.15, -0.1) is 11.3 Å². The minimum atomic E-state index is -0.350. The summed E-state index contributed by atoms with van der Waals surface area (Å²) in [6, 6.07) is 5.02. The van der Waals surface area contributed by atoms with Gasteiger partial charge in [0.2, 0.25) is 0 Å². The predicted molar refractivity (Wildman–Crippen MR) is 107 cm³/mol. The second kappa shape index (κ2) is 8.38. The molecule has 2 aliphatic rings. The lowest BCUT2D eigenvalue weighted by atomic mass is 10.2. The number of carbonyl (C=O) groups is 3. The van der Waals surface area contributed by atoms with Gasteiger partial charge in [-0.3, -0.25) is 14.4 Å². The van der Waals surface area contributed by atoms with Crippen LogP contribution in [0.1, 0.15) is 38.6 Å². The van der Waals surface area contributed by atoms with Crippen molar-refractivity contribution in [1.29, 1.82) is 0 Å². The van der Waals surface area contributed by atoms with E-state index < -0.39 is 0 Å². The molecule has 2 aliphatic heterocycles. The average Bonchev–Trinajstić information content (AvgIpc) is 3.49. The normalized spacial score (nSPS) is 19.4. The van der Waals surface area contributed by atoms with E-state index in [-0.39, 0.29) is 29.6 Å². The number of furan rings is 1. The molecule has 9 heteroatoms. The maximum absolute atomic E-state index is 13.0. The zero-order valence-electron chi connectivity index (χ0n) is 16.2. The first kappa shape index (κ1) is 19.7. The molecule has 0 spiro atoms. The van der Waals surface area contributed by atoms with Crippen LogP contribution in [0.5, 0.6) is 0 Å². The summed E-state index contributed by atoms with van der Waals surface area (Å²) in [7, 11) is 0. The van der Waals surface area contributed by atoms with Crippen LogP contribution in [0.2, 0.25) is 0 Å². The Hall–Kier alpha value is -2.65. The summed E-state index contributed by atoms with van der Waals surface area (Å²) in [6.07, 6.45) is 2.81. The van der Waals surface area contributed by atoms with Gasteiger partial charge in [-0.2, -0.15) is 0 Å². The quantitative estimate of drug-likeness (QED) is 0.825. The molecule has 4 rings (SSSR count). The van der Waals surface area contributed by atoms with E-state index in [1.54, 1.807) is 28.0 Å². The molecule has 0 saturated carbocycles. The standard InChI is InChI=1S/C20H23N3O5S/c1-13-12-16(21-18(24)14-4-2-10-27-14)29-17(13)20(26)23-8-6-22(7-9-23)19(25)15-5-3-11-28-15/h2,4,10,12,15H,3,5-9,11H2,1H3,(H,21,24). The molecule has 154 valence electrons. The van der Waals surface area contributed by atoms with E-state index in [2.05, 4.69) is 5.32 Å². The smallest absolute Gasteiger partial charge is 0.291 e. The molecule has 0 bridgehead atoms. The largest absolute Gasteiger partial charge is 0.459 e. The molecule has 3 amide bonds. The Kier molecular flexibility index (Phi) is 5.68. The van der Waals surface area contributed by atoms with Gasteiger partial charge in [0.1, 0.15) is 6.10 Å². The number of anilines is 1. The van der Waals surface area contributed by atoms with E-state index in [9.17, 15) is 14.4 Å². The Balaban J connectivity index is 1.36. The van der Waals surface area contributed by atoms with Crippen molar-refractivity contribution in [3.8, 4) is 0 Å². The third kappa shape index (κ3) is 4.20. The Bertz CT molecular complexity index is 893. The van der Waals surface area contributed by atoms with Gasteiger partial charge >= 0.3 is 0 Å². The molecule has 1 unspecified atom stereocenters. The van der Waals surface area contributed by atoms with E-state index in [0.717, 1.165) is 18.4 Å². The maximum Gasteiger partial charge on any atom is 0.291 e. The topological polar surface area (TPSA) is 92.1 Å². The number of carbonyl (C=O) groups excluding carboxylic acids is 3.